The van der Waals surface area contributed by atoms with Gasteiger partial charge in [0.2, 0.25) is 10.0 Å². The first kappa shape index (κ1) is 22.2. The monoisotopic (exact) mass is 430 g/mol. The largest absolute Gasteiger partial charge is 0.495 e. The average Bonchev–Trinajstić information content (AvgIpc) is 2.64. The number of amides is 1. The van der Waals surface area contributed by atoms with E-state index in [1.807, 2.05) is 12.1 Å². The van der Waals surface area contributed by atoms with Gasteiger partial charge in [-0.15, -0.1) is 0 Å². The minimum absolute atomic E-state index is 0.00777. The first-order valence-electron chi connectivity index (χ1n) is 9.95. The van der Waals surface area contributed by atoms with Gasteiger partial charge in [-0.2, -0.15) is 0 Å². The lowest BCUT2D eigenvalue weighted by atomic mass is 9.63. The Balaban J connectivity index is 1.91. The number of ether oxygens (including phenoxy) is 1. The van der Waals surface area contributed by atoms with Crippen LogP contribution in [0.1, 0.15) is 62.0 Å². The van der Waals surface area contributed by atoms with Crippen molar-refractivity contribution in [3.63, 3.8) is 0 Å². The molecule has 0 saturated carbocycles. The highest BCUT2D eigenvalue weighted by atomic mass is 32.2. The van der Waals surface area contributed by atoms with Gasteiger partial charge in [0.1, 0.15) is 5.75 Å². The SMILES string of the molecule is COc1ccc(NC(=O)c2ccc3c(c2)C(C)(C)CCC3(C)C)cc1NS(C)(=O)=O. The fourth-order valence-electron chi connectivity index (χ4n) is 4.00. The Hall–Kier alpha value is -2.54. The minimum Gasteiger partial charge on any atom is -0.495 e. The van der Waals surface area contributed by atoms with Gasteiger partial charge in [0, 0.05) is 11.3 Å². The number of methoxy groups -OCH3 is 1. The van der Waals surface area contributed by atoms with Crippen molar-refractivity contribution in [2.24, 2.45) is 0 Å². The van der Waals surface area contributed by atoms with E-state index in [0.717, 1.165) is 19.1 Å². The number of carbonyl (C=O) groups is 1. The first-order chi connectivity index (χ1) is 13.8. The van der Waals surface area contributed by atoms with Crippen molar-refractivity contribution in [3.8, 4) is 5.75 Å². The van der Waals surface area contributed by atoms with Crippen LogP contribution >= 0.6 is 0 Å². The van der Waals surface area contributed by atoms with Crippen molar-refractivity contribution in [1.29, 1.82) is 0 Å². The summed E-state index contributed by atoms with van der Waals surface area (Å²) in [6.45, 7) is 8.92. The molecular weight excluding hydrogens is 400 g/mol. The summed E-state index contributed by atoms with van der Waals surface area (Å²) in [6.07, 6.45) is 3.24. The van der Waals surface area contributed by atoms with Crippen LogP contribution in [0.4, 0.5) is 11.4 Å². The lowest BCUT2D eigenvalue weighted by Gasteiger charge is -2.42. The van der Waals surface area contributed by atoms with Crippen molar-refractivity contribution in [2.45, 2.75) is 51.4 Å². The summed E-state index contributed by atoms with van der Waals surface area (Å²) >= 11 is 0. The summed E-state index contributed by atoms with van der Waals surface area (Å²) in [7, 11) is -2.03. The molecule has 0 spiro atoms. The van der Waals surface area contributed by atoms with Gasteiger partial charge < -0.3 is 10.1 Å². The Kier molecular flexibility index (Phi) is 5.62. The van der Waals surface area contributed by atoms with E-state index in [0.29, 0.717) is 17.0 Å². The molecule has 2 N–H and O–H groups in total. The third-order valence-corrected chi connectivity index (χ3v) is 6.46. The number of nitrogens with one attached hydrogen (secondary N) is 2. The van der Waals surface area contributed by atoms with E-state index >= 15 is 0 Å². The molecule has 30 heavy (non-hydrogen) atoms. The first-order valence-corrected chi connectivity index (χ1v) is 11.8. The Morgan fingerprint density at radius 2 is 1.60 bits per heavy atom. The number of carbonyl (C=O) groups excluding carboxylic acids is 1. The Labute approximate surface area is 179 Å². The molecule has 1 aliphatic carbocycles. The molecule has 1 aliphatic rings. The van der Waals surface area contributed by atoms with Gasteiger partial charge in [0.15, 0.2) is 0 Å². The average molecular weight is 431 g/mol. The molecule has 0 saturated heterocycles. The Morgan fingerprint density at radius 1 is 0.967 bits per heavy atom. The molecule has 3 rings (SSSR count). The number of benzene rings is 2. The van der Waals surface area contributed by atoms with Crippen molar-refractivity contribution in [3.05, 3.63) is 53.1 Å². The zero-order valence-corrected chi connectivity index (χ0v) is 19.2. The van der Waals surface area contributed by atoms with Crippen LogP contribution < -0.4 is 14.8 Å². The molecule has 0 aliphatic heterocycles. The van der Waals surface area contributed by atoms with E-state index in [4.69, 9.17) is 4.74 Å². The van der Waals surface area contributed by atoms with E-state index in [9.17, 15) is 13.2 Å². The van der Waals surface area contributed by atoms with Crippen LogP contribution in [-0.2, 0) is 20.9 Å². The normalized spacial score (nSPS) is 17.0. The van der Waals surface area contributed by atoms with E-state index in [2.05, 4.69) is 43.8 Å². The fraction of sp³-hybridized carbons (Fsp3) is 0.435. The van der Waals surface area contributed by atoms with Gasteiger partial charge in [-0.1, -0.05) is 33.8 Å². The van der Waals surface area contributed by atoms with E-state index in [-0.39, 0.29) is 22.4 Å². The Bertz CT molecular complexity index is 1090. The molecule has 0 atom stereocenters. The zero-order valence-electron chi connectivity index (χ0n) is 18.4. The summed E-state index contributed by atoms with van der Waals surface area (Å²) in [5.74, 6) is 0.128. The molecule has 2 aromatic carbocycles. The zero-order chi connectivity index (χ0) is 22.3. The summed E-state index contributed by atoms with van der Waals surface area (Å²) in [4.78, 5) is 12.9. The maximum absolute atomic E-state index is 12.9. The topological polar surface area (TPSA) is 84.5 Å². The number of rotatable bonds is 5. The second-order valence-corrected chi connectivity index (χ2v) is 11.0. The maximum Gasteiger partial charge on any atom is 0.255 e. The lowest BCUT2D eigenvalue weighted by molar-refractivity contribution is 0.102. The minimum atomic E-state index is -3.48. The fourth-order valence-corrected chi connectivity index (χ4v) is 4.56. The predicted molar refractivity (Wildman–Crippen MR) is 121 cm³/mol. The second kappa shape index (κ2) is 7.61. The van der Waals surface area contributed by atoms with Crippen LogP contribution in [0, 0.1) is 0 Å². The van der Waals surface area contributed by atoms with Gasteiger partial charge in [-0.05, 0) is 65.1 Å². The van der Waals surface area contributed by atoms with Crippen LogP contribution in [0.5, 0.6) is 5.75 Å². The molecule has 162 valence electrons. The highest BCUT2D eigenvalue weighted by Crippen LogP contribution is 2.46. The number of sulfonamides is 1. The van der Waals surface area contributed by atoms with Gasteiger partial charge in [0.05, 0.1) is 19.1 Å². The molecule has 0 heterocycles. The molecule has 0 unspecified atom stereocenters. The molecule has 2 aromatic rings. The quantitative estimate of drug-likeness (QED) is 0.722. The summed E-state index contributed by atoms with van der Waals surface area (Å²) in [5.41, 5.74) is 3.92. The second-order valence-electron chi connectivity index (χ2n) is 9.27. The number of hydrogen-bond acceptors (Lipinski definition) is 4. The van der Waals surface area contributed by atoms with Crippen molar-refractivity contribution >= 4 is 27.3 Å². The highest BCUT2D eigenvalue weighted by Gasteiger charge is 2.37. The lowest BCUT2D eigenvalue weighted by Crippen LogP contribution is -2.34. The maximum atomic E-state index is 12.9. The number of hydrogen-bond donors (Lipinski definition) is 2. The van der Waals surface area contributed by atoms with Gasteiger partial charge in [-0.25, -0.2) is 8.42 Å². The van der Waals surface area contributed by atoms with Crippen molar-refractivity contribution in [1.82, 2.24) is 0 Å². The number of anilines is 2. The molecule has 0 fully saturated rings. The van der Waals surface area contributed by atoms with Crippen LogP contribution in [-0.4, -0.2) is 27.7 Å². The molecule has 0 aromatic heterocycles. The third kappa shape index (κ3) is 4.61. The predicted octanol–water partition coefficient (Wildman–Crippen LogP) is 4.67. The van der Waals surface area contributed by atoms with Crippen LogP contribution in [0.2, 0.25) is 0 Å². The molecule has 6 nitrogen and oxygen atoms in total. The smallest absolute Gasteiger partial charge is 0.255 e. The molecule has 0 radical (unpaired) electrons. The van der Waals surface area contributed by atoms with Gasteiger partial charge in [-0.3, -0.25) is 9.52 Å². The summed E-state index contributed by atoms with van der Waals surface area (Å²) in [5, 5.41) is 2.86. The Morgan fingerprint density at radius 3 is 2.20 bits per heavy atom. The van der Waals surface area contributed by atoms with Gasteiger partial charge >= 0.3 is 0 Å². The molecule has 7 heteroatoms. The summed E-state index contributed by atoms with van der Waals surface area (Å²) in [6, 6.07) is 10.7. The van der Waals surface area contributed by atoms with Crippen molar-refractivity contribution in [2.75, 3.05) is 23.4 Å². The van der Waals surface area contributed by atoms with E-state index in [1.54, 1.807) is 18.2 Å². The molecule has 1 amide bonds. The van der Waals surface area contributed by atoms with Crippen LogP contribution in [0.15, 0.2) is 36.4 Å². The summed E-state index contributed by atoms with van der Waals surface area (Å²) < 4.78 is 30.9. The van der Waals surface area contributed by atoms with Crippen LogP contribution in [0.3, 0.4) is 0 Å². The van der Waals surface area contributed by atoms with E-state index in [1.165, 1.54) is 18.2 Å². The molecular formula is C23H30N2O4S. The van der Waals surface area contributed by atoms with Crippen molar-refractivity contribution < 1.29 is 17.9 Å². The molecule has 0 bridgehead atoms. The number of fused-ring (bicyclic) bond motifs is 1. The van der Waals surface area contributed by atoms with E-state index < -0.39 is 10.0 Å². The van der Waals surface area contributed by atoms with Gasteiger partial charge in [0.25, 0.3) is 5.91 Å². The standard InChI is InChI=1S/C23H30N2O4S/c1-22(2)11-12-23(3,4)18-13-15(7-9-17(18)22)21(26)24-16-8-10-20(29-5)19(14-16)25-30(6,27)28/h7-10,13-14,25H,11-12H2,1-6H3,(H,24,26). The third-order valence-electron chi connectivity index (χ3n) is 5.87. The highest BCUT2D eigenvalue weighted by molar-refractivity contribution is 7.92. The van der Waals surface area contributed by atoms with Crippen LogP contribution in [0.25, 0.3) is 0 Å².